The first-order valence-corrected chi connectivity index (χ1v) is 3.92. The maximum atomic E-state index is 10.7. The number of nitrogens with one attached hydrogen (secondary N) is 3. The molecule has 0 fully saturated rings. The van der Waals surface area contributed by atoms with Crippen molar-refractivity contribution < 1.29 is 4.21 Å². The second-order valence-electron chi connectivity index (χ2n) is 1.77. The molecule has 0 aliphatic heterocycles. The monoisotopic (exact) mass is 164 g/mol. The summed E-state index contributed by atoms with van der Waals surface area (Å²) in [5.41, 5.74) is 3.33. The summed E-state index contributed by atoms with van der Waals surface area (Å²) in [6, 6.07) is 0. The zero-order valence-corrected chi connectivity index (χ0v) is 7.08. The minimum atomic E-state index is -1.34. The number of nitrogens with zero attached hydrogens (tertiary/aromatic N) is 1. The SMILES string of the molecule is CNNS(=O)NN=C(C)C. The Labute approximate surface area is 63.0 Å². The number of hydrazine groups is 1. The van der Waals surface area contributed by atoms with Gasteiger partial charge in [-0.25, -0.2) is 14.5 Å². The topological polar surface area (TPSA) is 65.5 Å². The van der Waals surface area contributed by atoms with E-state index in [0.29, 0.717) is 0 Å². The Morgan fingerprint density at radius 1 is 1.50 bits per heavy atom. The quantitative estimate of drug-likeness (QED) is 0.379. The first kappa shape index (κ1) is 9.54. The van der Waals surface area contributed by atoms with Gasteiger partial charge in [-0.15, -0.1) is 0 Å². The first-order valence-electron chi connectivity index (χ1n) is 2.77. The van der Waals surface area contributed by atoms with Gasteiger partial charge < -0.3 is 0 Å². The van der Waals surface area contributed by atoms with E-state index in [9.17, 15) is 4.21 Å². The van der Waals surface area contributed by atoms with Gasteiger partial charge in [0.2, 0.25) is 11.2 Å². The Kier molecular flexibility index (Phi) is 5.09. The molecular formula is C4H12N4OS. The summed E-state index contributed by atoms with van der Waals surface area (Å²) in [6.45, 7) is 3.62. The van der Waals surface area contributed by atoms with Crippen LogP contribution in [0.2, 0.25) is 0 Å². The smallest absolute Gasteiger partial charge is 0.223 e. The molecule has 0 amide bonds. The molecule has 0 spiro atoms. The van der Waals surface area contributed by atoms with E-state index in [2.05, 4.69) is 20.2 Å². The number of rotatable bonds is 4. The average molecular weight is 164 g/mol. The Bertz CT molecular complexity index is 142. The van der Waals surface area contributed by atoms with E-state index in [1.807, 2.05) is 13.8 Å². The van der Waals surface area contributed by atoms with Crippen LogP contribution in [0.5, 0.6) is 0 Å². The van der Waals surface area contributed by atoms with Crippen LogP contribution in [0.25, 0.3) is 0 Å². The third-order valence-corrected chi connectivity index (χ3v) is 1.19. The van der Waals surface area contributed by atoms with Crippen molar-refractivity contribution in [2.45, 2.75) is 13.8 Å². The van der Waals surface area contributed by atoms with Crippen molar-refractivity contribution in [1.29, 1.82) is 0 Å². The van der Waals surface area contributed by atoms with E-state index >= 15 is 0 Å². The zero-order valence-electron chi connectivity index (χ0n) is 6.26. The first-order chi connectivity index (χ1) is 4.66. The molecule has 0 saturated heterocycles. The molecule has 0 aliphatic carbocycles. The molecule has 60 valence electrons. The van der Waals surface area contributed by atoms with Gasteiger partial charge in [0, 0.05) is 5.71 Å². The summed E-state index contributed by atoms with van der Waals surface area (Å²) in [5, 5.41) is 3.71. The van der Waals surface area contributed by atoms with Gasteiger partial charge in [-0.2, -0.15) is 9.93 Å². The molecule has 1 atom stereocenters. The Morgan fingerprint density at radius 3 is 2.50 bits per heavy atom. The van der Waals surface area contributed by atoms with Gasteiger partial charge in [-0.1, -0.05) is 0 Å². The summed E-state index contributed by atoms with van der Waals surface area (Å²) < 4.78 is 10.7. The summed E-state index contributed by atoms with van der Waals surface area (Å²) in [7, 11) is 1.63. The lowest BCUT2D eigenvalue weighted by atomic mass is 10.5. The van der Waals surface area contributed by atoms with Crippen molar-refractivity contribution in [2.75, 3.05) is 7.05 Å². The van der Waals surface area contributed by atoms with Crippen molar-refractivity contribution in [3.8, 4) is 0 Å². The highest BCUT2D eigenvalue weighted by molar-refractivity contribution is 7.80. The Morgan fingerprint density at radius 2 is 2.10 bits per heavy atom. The third kappa shape index (κ3) is 5.67. The highest BCUT2D eigenvalue weighted by atomic mass is 32.2. The third-order valence-electron chi connectivity index (χ3n) is 0.547. The maximum absolute atomic E-state index is 10.7. The lowest BCUT2D eigenvalue weighted by Gasteiger charge is -1.99. The highest BCUT2D eigenvalue weighted by Crippen LogP contribution is 1.70. The van der Waals surface area contributed by atoms with E-state index in [-0.39, 0.29) is 0 Å². The molecule has 0 aromatic carbocycles. The van der Waals surface area contributed by atoms with Crippen LogP contribution in [0.4, 0.5) is 0 Å². The van der Waals surface area contributed by atoms with Gasteiger partial charge >= 0.3 is 0 Å². The summed E-state index contributed by atoms with van der Waals surface area (Å²) >= 11 is -1.34. The lowest BCUT2D eigenvalue weighted by Crippen LogP contribution is -2.35. The minimum absolute atomic E-state index is 0.825. The predicted octanol–water partition coefficient (Wildman–Crippen LogP) is -0.725. The largest absolute Gasteiger partial charge is 0.248 e. The zero-order chi connectivity index (χ0) is 7.98. The van der Waals surface area contributed by atoms with Crippen LogP contribution in [0.1, 0.15) is 13.8 Å². The van der Waals surface area contributed by atoms with Crippen molar-refractivity contribution >= 4 is 16.9 Å². The second kappa shape index (κ2) is 5.33. The van der Waals surface area contributed by atoms with Gasteiger partial charge in [0.1, 0.15) is 0 Å². The van der Waals surface area contributed by atoms with E-state index in [1.165, 1.54) is 0 Å². The minimum Gasteiger partial charge on any atom is -0.248 e. The van der Waals surface area contributed by atoms with Gasteiger partial charge in [0.05, 0.1) is 0 Å². The predicted molar refractivity (Wildman–Crippen MR) is 42.3 cm³/mol. The van der Waals surface area contributed by atoms with E-state index in [4.69, 9.17) is 0 Å². The fourth-order valence-corrected chi connectivity index (χ4v) is 0.745. The van der Waals surface area contributed by atoms with Gasteiger partial charge in [-0.05, 0) is 20.9 Å². The molecule has 10 heavy (non-hydrogen) atoms. The Hall–Kier alpha value is -0.460. The van der Waals surface area contributed by atoms with Crippen molar-refractivity contribution in [1.82, 2.24) is 15.1 Å². The molecule has 5 nitrogen and oxygen atoms in total. The lowest BCUT2D eigenvalue weighted by molar-refractivity contribution is 0.649. The van der Waals surface area contributed by atoms with Gasteiger partial charge in [0.15, 0.2) is 0 Å². The maximum Gasteiger partial charge on any atom is 0.223 e. The van der Waals surface area contributed by atoms with Crippen LogP contribution in [0, 0.1) is 0 Å². The van der Waals surface area contributed by atoms with Crippen LogP contribution in [-0.2, 0) is 11.2 Å². The van der Waals surface area contributed by atoms with E-state index in [1.54, 1.807) is 7.05 Å². The fourth-order valence-electron chi connectivity index (χ4n) is 0.248. The molecule has 3 N–H and O–H groups in total. The summed E-state index contributed by atoms with van der Waals surface area (Å²) in [5.74, 6) is 0. The molecular weight excluding hydrogens is 152 g/mol. The summed E-state index contributed by atoms with van der Waals surface area (Å²) in [4.78, 5) is 4.77. The molecule has 0 bridgehead atoms. The molecule has 0 heterocycles. The van der Waals surface area contributed by atoms with Crippen LogP contribution < -0.4 is 15.1 Å². The number of hydrogen-bond acceptors (Lipinski definition) is 3. The molecule has 6 heteroatoms. The van der Waals surface area contributed by atoms with Crippen molar-refractivity contribution in [3.05, 3.63) is 0 Å². The van der Waals surface area contributed by atoms with Crippen LogP contribution in [0.15, 0.2) is 5.10 Å². The molecule has 0 aliphatic rings. The van der Waals surface area contributed by atoms with Crippen molar-refractivity contribution in [3.63, 3.8) is 0 Å². The van der Waals surface area contributed by atoms with Crippen molar-refractivity contribution in [2.24, 2.45) is 5.10 Å². The Balaban J connectivity index is 3.49. The van der Waals surface area contributed by atoms with Gasteiger partial charge in [-0.3, -0.25) is 0 Å². The molecule has 0 saturated carbocycles. The normalized spacial score (nSPS) is 12.3. The number of hydrazone groups is 1. The molecule has 0 rings (SSSR count). The molecule has 0 aromatic rings. The molecule has 0 aromatic heterocycles. The van der Waals surface area contributed by atoms with Gasteiger partial charge in [0.25, 0.3) is 0 Å². The van der Waals surface area contributed by atoms with Crippen LogP contribution in [-0.4, -0.2) is 17.0 Å². The van der Waals surface area contributed by atoms with Crippen LogP contribution >= 0.6 is 0 Å². The van der Waals surface area contributed by atoms with E-state index in [0.717, 1.165) is 5.71 Å². The fraction of sp³-hybridized carbons (Fsp3) is 0.750. The summed E-state index contributed by atoms with van der Waals surface area (Å²) in [6.07, 6.45) is 0. The standard InChI is InChI=1S/C4H12N4OS/c1-4(2)6-8-10(9)7-5-3/h5,7-8H,1-3H3. The number of hydrogen-bond donors (Lipinski definition) is 3. The second-order valence-corrected chi connectivity index (χ2v) is 2.70. The molecule has 0 radical (unpaired) electrons. The molecule has 1 unspecified atom stereocenters. The average Bonchev–Trinajstić information content (AvgIpc) is 1.85. The van der Waals surface area contributed by atoms with Crippen LogP contribution in [0.3, 0.4) is 0 Å². The van der Waals surface area contributed by atoms with E-state index < -0.39 is 11.2 Å². The highest BCUT2D eigenvalue weighted by Gasteiger charge is 1.89.